The van der Waals surface area contributed by atoms with Crippen LogP contribution >= 0.6 is 0 Å². The normalized spacial score (nSPS) is 8.44. The molecule has 4 heteroatoms. The van der Waals surface area contributed by atoms with Crippen LogP contribution in [0.1, 0.15) is 52.9 Å². The van der Waals surface area contributed by atoms with Gasteiger partial charge in [0, 0.05) is 0 Å². The molecule has 0 aliphatic carbocycles. The first-order valence-electron chi connectivity index (χ1n) is 5.92. The Morgan fingerprint density at radius 3 is 2.25 bits per heavy atom. The number of hydrogen-bond acceptors (Lipinski definition) is 4. The standard InChI is InChI=1S/C8H13NO3.C4H10/c1-2-3-6-12-8(11)4-5-9-7-10;1-3-4-2/h2-6H2,1H3;3-4H2,1-2H3. The number of carbonyl (C=O) groups excluding carboxylic acids is 2. The third-order valence-corrected chi connectivity index (χ3v) is 1.75. The highest BCUT2D eigenvalue weighted by molar-refractivity contribution is 5.69. The number of rotatable bonds is 7. The SMILES string of the molecule is CCCC.CCCCOC(=O)CCN=C=O. The van der Waals surface area contributed by atoms with Crippen LogP contribution in [-0.4, -0.2) is 25.2 Å². The third kappa shape index (κ3) is 18.6. The Morgan fingerprint density at radius 1 is 1.19 bits per heavy atom. The van der Waals surface area contributed by atoms with E-state index < -0.39 is 0 Å². The molecule has 0 rings (SSSR count). The predicted molar refractivity (Wildman–Crippen MR) is 64.1 cm³/mol. The molecule has 0 radical (unpaired) electrons. The van der Waals surface area contributed by atoms with Crippen LogP contribution in [0.25, 0.3) is 0 Å². The van der Waals surface area contributed by atoms with Crippen molar-refractivity contribution < 1.29 is 14.3 Å². The zero-order chi connectivity index (χ0) is 12.6. The molecule has 0 amide bonds. The Labute approximate surface area is 98.1 Å². The van der Waals surface area contributed by atoms with Gasteiger partial charge in [0.2, 0.25) is 6.08 Å². The van der Waals surface area contributed by atoms with Crippen LogP contribution in [-0.2, 0) is 14.3 Å². The van der Waals surface area contributed by atoms with Crippen molar-refractivity contribution in [2.75, 3.05) is 13.2 Å². The summed E-state index contributed by atoms with van der Waals surface area (Å²) < 4.78 is 4.80. The lowest BCUT2D eigenvalue weighted by Crippen LogP contribution is -2.06. The fourth-order valence-corrected chi connectivity index (χ4v) is 0.595. The summed E-state index contributed by atoms with van der Waals surface area (Å²) in [5.74, 6) is -0.303. The van der Waals surface area contributed by atoms with Gasteiger partial charge in [0.05, 0.1) is 19.6 Å². The molecule has 0 bridgehead atoms. The number of carbonyl (C=O) groups is 1. The lowest BCUT2D eigenvalue weighted by atomic mass is 10.3. The summed E-state index contributed by atoms with van der Waals surface area (Å²) in [6, 6.07) is 0. The highest BCUT2D eigenvalue weighted by Crippen LogP contribution is 1.91. The topological polar surface area (TPSA) is 55.7 Å². The molecule has 0 aromatic rings. The van der Waals surface area contributed by atoms with Gasteiger partial charge in [-0.05, 0) is 6.42 Å². The van der Waals surface area contributed by atoms with Crippen molar-refractivity contribution in [2.45, 2.75) is 52.9 Å². The number of esters is 1. The lowest BCUT2D eigenvalue weighted by molar-refractivity contribution is -0.143. The van der Waals surface area contributed by atoms with Gasteiger partial charge in [0.15, 0.2) is 0 Å². The second-order valence-corrected chi connectivity index (χ2v) is 3.30. The summed E-state index contributed by atoms with van der Waals surface area (Å²) in [5, 5.41) is 0. The van der Waals surface area contributed by atoms with Gasteiger partial charge in [-0.2, -0.15) is 0 Å². The van der Waals surface area contributed by atoms with Crippen molar-refractivity contribution in [1.29, 1.82) is 0 Å². The summed E-state index contributed by atoms with van der Waals surface area (Å²) in [6.07, 6.45) is 6.04. The number of isocyanates is 1. The van der Waals surface area contributed by atoms with Gasteiger partial charge in [0.1, 0.15) is 0 Å². The highest BCUT2D eigenvalue weighted by Gasteiger charge is 1.99. The van der Waals surface area contributed by atoms with E-state index in [2.05, 4.69) is 18.8 Å². The van der Waals surface area contributed by atoms with Crippen molar-refractivity contribution in [3.8, 4) is 0 Å². The van der Waals surface area contributed by atoms with Crippen LogP contribution in [0.2, 0.25) is 0 Å². The zero-order valence-corrected chi connectivity index (χ0v) is 10.6. The summed E-state index contributed by atoms with van der Waals surface area (Å²) >= 11 is 0. The minimum atomic E-state index is -0.303. The molecule has 0 heterocycles. The maximum absolute atomic E-state index is 10.8. The van der Waals surface area contributed by atoms with Crippen molar-refractivity contribution in [3.63, 3.8) is 0 Å². The molecule has 16 heavy (non-hydrogen) atoms. The summed E-state index contributed by atoms with van der Waals surface area (Å²) in [7, 11) is 0. The number of unbranched alkanes of at least 4 members (excludes halogenated alkanes) is 2. The third-order valence-electron chi connectivity index (χ3n) is 1.75. The molecule has 0 atom stereocenters. The first-order valence-corrected chi connectivity index (χ1v) is 5.92. The first kappa shape index (κ1) is 17.3. The molecular weight excluding hydrogens is 206 g/mol. The molecule has 0 aliphatic heterocycles. The minimum absolute atomic E-state index is 0.166. The smallest absolute Gasteiger partial charge is 0.307 e. The second kappa shape index (κ2) is 16.3. The Morgan fingerprint density at radius 2 is 1.81 bits per heavy atom. The molecule has 94 valence electrons. The van der Waals surface area contributed by atoms with E-state index in [1.54, 1.807) is 0 Å². The van der Waals surface area contributed by atoms with Crippen LogP contribution in [0, 0.1) is 0 Å². The van der Waals surface area contributed by atoms with Crippen molar-refractivity contribution >= 4 is 12.0 Å². The quantitative estimate of drug-likeness (QED) is 0.292. The maximum Gasteiger partial charge on any atom is 0.307 e. The molecule has 0 aromatic carbocycles. The Kier molecular flexibility index (Phi) is 17.6. The predicted octanol–water partition coefficient (Wildman–Crippen LogP) is 2.86. The molecule has 0 saturated heterocycles. The Bertz CT molecular complexity index is 196. The van der Waals surface area contributed by atoms with E-state index >= 15 is 0 Å². The summed E-state index contributed by atoms with van der Waals surface area (Å²) in [5.41, 5.74) is 0. The summed E-state index contributed by atoms with van der Waals surface area (Å²) in [6.45, 7) is 7.01. The van der Waals surface area contributed by atoms with Gasteiger partial charge in [-0.25, -0.2) is 9.79 Å². The van der Waals surface area contributed by atoms with Crippen LogP contribution in [0.5, 0.6) is 0 Å². The van der Waals surface area contributed by atoms with Crippen LogP contribution in [0.3, 0.4) is 0 Å². The van der Waals surface area contributed by atoms with Crippen molar-refractivity contribution in [3.05, 3.63) is 0 Å². The summed E-state index contributed by atoms with van der Waals surface area (Å²) in [4.78, 5) is 23.6. The van der Waals surface area contributed by atoms with Crippen LogP contribution in [0.15, 0.2) is 4.99 Å². The lowest BCUT2D eigenvalue weighted by Gasteiger charge is -2.00. The van der Waals surface area contributed by atoms with E-state index in [0.29, 0.717) is 6.61 Å². The molecule has 0 fully saturated rings. The number of hydrogen-bond donors (Lipinski definition) is 0. The zero-order valence-electron chi connectivity index (χ0n) is 10.6. The largest absolute Gasteiger partial charge is 0.466 e. The Hall–Kier alpha value is -1.15. The van der Waals surface area contributed by atoms with E-state index in [4.69, 9.17) is 4.74 Å². The van der Waals surface area contributed by atoms with Gasteiger partial charge < -0.3 is 4.74 Å². The monoisotopic (exact) mass is 229 g/mol. The minimum Gasteiger partial charge on any atom is -0.466 e. The molecule has 0 spiro atoms. The van der Waals surface area contributed by atoms with Crippen LogP contribution < -0.4 is 0 Å². The molecule has 0 N–H and O–H groups in total. The van der Waals surface area contributed by atoms with Gasteiger partial charge in [0.25, 0.3) is 0 Å². The highest BCUT2D eigenvalue weighted by atomic mass is 16.5. The van der Waals surface area contributed by atoms with Gasteiger partial charge in [-0.1, -0.05) is 40.0 Å². The van der Waals surface area contributed by atoms with Gasteiger partial charge in [-0.3, -0.25) is 4.79 Å². The molecule has 0 aliphatic rings. The fourth-order valence-electron chi connectivity index (χ4n) is 0.595. The van der Waals surface area contributed by atoms with Crippen molar-refractivity contribution in [2.24, 2.45) is 4.99 Å². The average Bonchev–Trinajstić information content (AvgIpc) is 2.30. The molecule has 0 unspecified atom stereocenters. The first-order chi connectivity index (χ1) is 7.72. The van der Waals surface area contributed by atoms with Gasteiger partial charge in [-0.15, -0.1) is 0 Å². The number of aliphatic imine (C=N–C) groups is 1. The Balaban J connectivity index is 0. The molecule has 4 nitrogen and oxygen atoms in total. The van der Waals surface area contributed by atoms with Crippen LogP contribution in [0.4, 0.5) is 0 Å². The number of ether oxygens (including phenoxy) is 1. The van der Waals surface area contributed by atoms with E-state index in [-0.39, 0.29) is 18.9 Å². The maximum atomic E-state index is 10.8. The van der Waals surface area contributed by atoms with E-state index in [1.165, 1.54) is 18.9 Å². The molecule has 0 aromatic heterocycles. The van der Waals surface area contributed by atoms with Crippen molar-refractivity contribution in [1.82, 2.24) is 0 Å². The molecule has 0 saturated carbocycles. The van der Waals surface area contributed by atoms with E-state index in [9.17, 15) is 9.59 Å². The second-order valence-electron chi connectivity index (χ2n) is 3.30. The fraction of sp³-hybridized carbons (Fsp3) is 0.833. The average molecular weight is 229 g/mol. The van der Waals surface area contributed by atoms with E-state index in [1.807, 2.05) is 6.92 Å². The number of nitrogens with zero attached hydrogens (tertiary/aromatic N) is 1. The molecular formula is C12H23NO3. The van der Waals surface area contributed by atoms with Gasteiger partial charge >= 0.3 is 5.97 Å². The van der Waals surface area contributed by atoms with E-state index in [0.717, 1.165) is 12.8 Å².